The number of carbonyl (C=O) groups excluding carboxylic acids is 3. The molecule has 0 N–H and O–H groups in total. The number of amides is 3. The highest BCUT2D eigenvalue weighted by Crippen LogP contribution is 2.35. The second-order valence-electron chi connectivity index (χ2n) is 10.1. The molecule has 0 saturated carbocycles. The molecule has 0 aromatic heterocycles. The Labute approximate surface area is 207 Å². The van der Waals surface area contributed by atoms with Crippen LogP contribution in [0.1, 0.15) is 53.0 Å². The Morgan fingerprint density at radius 1 is 1.09 bits per heavy atom. The SMILES string of the molecule is COC(C)(C)CN1C(=O)c2cccc(N3CCC[C@@H](C(=O)N(C)CCc4ccccc4)C3)c2C1=O. The fourth-order valence-electron chi connectivity index (χ4n) is 4.93. The highest BCUT2D eigenvalue weighted by atomic mass is 16.5. The van der Waals surface area contributed by atoms with Crippen molar-refractivity contribution in [3.05, 3.63) is 65.2 Å². The number of imide groups is 1. The van der Waals surface area contributed by atoms with E-state index in [1.165, 1.54) is 10.5 Å². The second kappa shape index (κ2) is 10.2. The summed E-state index contributed by atoms with van der Waals surface area (Å²) in [5.41, 5.74) is 2.17. The van der Waals surface area contributed by atoms with E-state index in [2.05, 4.69) is 17.0 Å². The van der Waals surface area contributed by atoms with E-state index in [0.717, 1.165) is 31.5 Å². The summed E-state index contributed by atoms with van der Waals surface area (Å²) in [5, 5.41) is 0. The molecular weight excluding hydrogens is 442 g/mol. The van der Waals surface area contributed by atoms with Gasteiger partial charge in [0.15, 0.2) is 0 Å². The van der Waals surface area contributed by atoms with Crippen LogP contribution >= 0.6 is 0 Å². The predicted octanol–water partition coefficient (Wildman–Crippen LogP) is 3.63. The topological polar surface area (TPSA) is 70.2 Å². The van der Waals surface area contributed by atoms with Crippen LogP contribution in [0, 0.1) is 5.92 Å². The number of ether oxygens (including phenoxy) is 1. The summed E-state index contributed by atoms with van der Waals surface area (Å²) in [4.78, 5) is 44.9. The Morgan fingerprint density at radius 2 is 1.83 bits per heavy atom. The quantitative estimate of drug-likeness (QED) is 0.543. The molecule has 1 saturated heterocycles. The van der Waals surface area contributed by atoms with Crippen molar-refractivity contribution in [3.63, 3.8) is 0 Å². The minimum atomic E-state index is -0.638. The van der Waals surface area contributed by atoms with Gasteiger partial charge in [-0.3, -0.25) is 19.3 Å². The molecular formula is C28H35N3O4. The number of hydrogen-bond acceptors (Lipinski definition) is 5. The van der Waals surface area contributed by atoms with Crippen LogP contribution in [0.2, 0.25) is 0 Å². The molecule has 7 heteroatoms. The van der Waals surface area contributed by atoms with Gasteiger partial charge in [0, 0.05) is 33.8 Å². The molecule has 0 bridgehead atoms. The van der Waals surface area contributed by atoms with E-state index in [1.54, 1.807) is 13.2 Å². The van der Waals surface area contributed by atoms with Crippen molar-refractivity contribution in [1.29, 1.82) is 0 Å². The first-order valence-corrected chi connectivity index (χ1v) is 12.3. The fourth-order valence-corrected chi connectivity index (χ4v) is 4.93. The lowest BCUT2D eigenvalue weighted by Crippen LogP contribution is -2.45. The fraction of sp³-hybridized carbons (Fsp3) is 0.464. The molecule has 3 amide bonds. The molecule has 7 nitrogen and oxygen atoms in total. The van der Waals surface area contributed by atoms with Gasteiger partial charge in [0.05, 0.1) is 34.9 Å². The van der Waals surface area contributed by atoms with Crippen LogP contribution in [0.5, 0.6) is 0 Å². The smallest absolute Gasteiger partial charge is 0.263 e. The molecule has 2 aliphatic heterocycles. The van der Waals surface area contributed by atoms with Crippen molar-refractivity contribution in [2.24, 2.45) is 5.92 Å². The molecule has 1 fully saturated rings. The van der Waals surface area contributed by atoms with E-state index in [-0.39, 0.29) is 30.2 Å². The maximum Gasteiger partial charge on any atom is 0.263 e. The Balaban J connectivity index is 1.48. The summed E-state index contributed by atoms with van der Waals surface area (Å²) >= 11 is 0. The van der Waals surface area contributed by atoms with Crippen molar-refractivity contribution in [2.75, 3.05) is 45.2 Å². The molecule has 2 heterocycles. The van der Waals surface area contributed by atoms with Gasteiger partial charge < -0.3 is 14.5 Å². The monoisotopic (exact) mass is 477 g/mol. The van der Waals surface area contributed by atoms with Gasteiger partial charge in [-0.15, -0.1) is 0 Å². The van der Waals surface area contributed by atoms with E-state index in [9.17, 15) is 14.4 Å². The zero-order valence-electron chi connectivity index (χ0n) is 21.1. The van der Waals surface area contributed by atoms with E-state index < -0.39 is 5.60 Å². The number of methoxy groups -OCH3 is 1. The van der Waals surface area contributed by atoms with Gasteiger partial charge in [0.1, 0.15) is 0 Å². The van der Waals surface area contributed by atoms with Crippen molar-refractivity contribution in [1.82, 2.24) is 9.80 Å². The lowest BCUT2D eigenvalue weighted by molar-refractivity contribution is -0.134. The highest BCUT2D eigenvalue weighted by Gasteiger charge is 2.41. The molecule has 0 spiro atoms. The third-order valence-corrected chi connectivity index (χ3v) is 7.13. The van der Waals surface area contributed by atoms with Crippen molar-refractivity contribution in [2.45, 2.75) is 38.7 Å². The number of carbonyl (C=O) groups is 3. The molecule has 0 aliphatic carbocycles. The first-order chi connectivity index (χ1) is 16.7. The van der Waals surface area contributed by atoms with Gasteiger partial charge in [-0.2, -0.15) is 0 Å². The summed E-state index contributed by atoms with van der Waals surface area (Å²) in [6.45, 7) is 5.84. The summed E-state index contributed by atoms with van der Waals surface area (Å²) in [7, 11) is 3.44. The Kier molecular flexibility index (Phi) is 7.26. The van der Waals surface area contributed by atoms with Crippen LogP contribution in [0.4, 0.5) is 5.69 Å². The van der Waals surface area contributed by atoms with Gasteiger partial charge >= 0.3 is 0 Å². The van der Waals surface area contributed by atoms with Gasteiger partial charge in [-0.1, -0.05) is 36.4 Å². The van der Waals surface area contributed by atoms with Crippen LogP contribution in [0.25, 0.3) is 0 Å². The number of likely N-dealkylation sites (N-methyl/N-ethyl adjacent to an activating group) is 1. The van der Waals surface area contributed by atoms with E-state index in [4.69, 9.17) is 4.74 Å². The van der Waals surface area contributed by atoms with Gasteiger partial charge in [-0.05, 0) is 50.8 Å². The van der Waals surface area contributed by atoms with Crippen LogP contribution in [0.3, 0.4) is 0 Å². The zero-order chi connectivity index (χ0) is 25.2. The number of anilines is 1. The molecule has 186 valence electrons. The van der Waals surface area contributed by atoms with Crippen LogP contribution in [-0.2, 0) is 16.0 Å². The average molecular weight is 478 g/mol. The van der Waals surface area contributed by atoms with E-state index in [1.807, 2.05) is 56.1 Å². The molecule has 2 aromatic rings. The summed E-state index contributed by atoms with van der Waals surface area (Å²) < 4.78 is 5.45. The van der Waals surface area contributed by atoms with Crippen molar-refractivity contribution < 1.29 is 19.1 Å². The minimum Gasteiger partial charge on any atom is -0.377 e. The first kappa shape index (κ1) is 24.9. The molecule has 4 rings (SSSR count). The maximum absolute atomic E-state index is 13.4. The zero-order valence-corrected chi connectivity index (χ0v) is 21.1. The van der Waals surface area contributed by atoms with Crippen LogP contribution in [-0.4, -0.2) is 73.5 Å². The Bertz CT molecular complexity index is 1100. The first-order valence-electron chi connectivity index (χ1n) is 12.3. The maximum atomic E-state index is 13.4. The lowest BCUT2D eigenvalue weighted by atomic mass is 9.94. The van der Waals surface area contributed by atoms with E-state index in [0.29, 0.717) is 24.2 Å². The van der Waals surface area contributed by atoms with Crippen molar-refractivity contribution in [3.8, 4) is 0 Å². The molecule has 1 atom stereocenters. The molecule has 0 radical (unpaired) electrons. The normalized spacial score (nSPS) is 18.1. The third kappa shape index (κ3) is 5.25. The van der Waals surface area contributed by atoms with Gasteiger partial charge in [-0.25, -0.2) is 0 Å². The number of benzene rings is 2. The minimum absolute atomic E-state index is 0.129. The molecule has 0 unspecified atom stereocenters. The summed E-state index contributed by atoms with van der Waals surface area (Å²) in [6.07, 6.45) is 2.49. The summed E-state index contributed by atoms with van der Waals surface area (Å²) in [6, 6.07) is 15.6. The van der Waals surface area contributed by atoms with Crippen LogP contribution < -0.4 is 4.90 Å². The van der Waals surface area contributed by atoms with Gasteiger partial charge in [0.25, 0.3) is 11.8 Å². The molecule has 2 aromatic carbocycles. The number of nitrogens with zero attached hydrogens (tertiary/aromatic N) is 3. The predicted molar refractivity (Wildman–Crippen MR) is 136 cm³/mol. The van der Waals surface area contributed by atoms with Crippen molar-refractivity contribution >= 4 is 23.4 Å². The largest absolute Gasteiger partial charge is 0.377 e. The molecule has 2 aliphatic rings. The lowest BCUT2D eigenvalue weighted by Gasteiger charge is -2.36. The Morgan fingerprint density at radius 3 is 2.54 bits per heavy atom. The van der Waals surface area contributed by atoms with Gasteiger partial charge in [0.2, 0.25) is 5.91 Å². The number of hydrogen-bond donors (Lipinski definition) is 0. The van der Waals surface area contributed by atoms with Crippen LogP contribution in [0.15, 0.2) is 48.5 Å². The van der Waals surface area contributed by atoms with E-state index >= 15 is 0 Å². The number of piperidine rings is 1. The highest BCUT2D eigenvalue weighted by molar-refractivity contribution is 6.23. The third-order valence-electron chi connectivity index (χ3n) is 7.13. The number of fused-ring (bicyclic) bond motifs is 1. The number of rotatable bonds is 8. The molecule has 35 heavy (non-hydrogen) atoms. The Hall–Kier alpha value is -3.19. The second-order valence-corrected chi connectivity index (χ2v) is 10.1. The summed E-state index contributed by atoms with van der Waals surface area (Å²) in [5.74, 6) is -0.596. The average Bonchev–Trinajstić information content (AvgIpc) is 3.12. The standard InChI is InChI=1S/C28H35N3O4/c1-28(2,35-4)19-31-26(33)22-13-8-14-23(24(22)27(31)34)30-16-9-12-21(18-30)25(32)29(3)17-15-20-10-6-5-7-11-20/h5-8,10-11,13-14,21H,9,12,15-19H2,1-4H3/t21-/m1/s1.